The Bertz CT molecular complexity index is 1080. The maximum atomic E-state index is 4.39. The van der Waals surface area contributed by atoms with Crippen molar-refractivity contribution in [1.29, 1.82) is 0 Å². The smallest absolute Gasteiger partial charge is 0.0497 e. The standard InChI is InChI=1S/C24H25N/c1-16(2)14-15-25-18(4)20-6-5-7-22-21(12-13-23(25)24(20)22)19-10-8-17(3)9-11-19/h5-13,16H,4,14-15H2,1-3H3. The van der Waals surface area contributed by atoms with E-state index in [9.17, 15) is 0 Å². The van der Waals surface area contributed by atoms with E-state index < -0.39 is 0 Å². The zero-order chi connectivity index (χ0) is 17.6. The van der Waals surface area contributed by atoms with E-state index >= 15 is 0 Å². The molecule has 4 aromatic rings. The molecule has 0 radical (unpaired) electrons. The van der Waals surface area contributed by atoms with Crippen LogP contribution in [0.5, 0.6) is 0 Å². The van der Waals surface area contributed by atoms with Crippen molar-refractivity contribution in [3.05, 3.63) is 65.5 Å². The summed E-state index contributed by atoms with van der Waals surface area (Å²) in [5.74, 6) is 0.693. The summed E-state index contributed by atoms with van der Waals surface area (Å²) in [7, 11) is 0. The number of benzene rings is 3. The summed E-state index contributed by atoms with van der Waals surface area (Å²) >= 11 is 0. The van der Waals surface area contributed by atoms with Gasteiger partial charge in [-0.1, -0.05) is 74.5 Å². The second-order valence-electron chi connectivity index (χ2n) is 7.51. The molecular weight excluding hydrogens is 302 g/mol. The second-order valence-corrected chi connectivity index (χ2v) is 7.51. The van der Waals surface area contributed by atoms with Crippen molar-refractivity contribution < 1.29 is 0 Å². The van der Waals surface area contributed by atoms with Crippen LogP contribution < -0.4 is 5.35 Å². The fourth-order valence-corrected chi connectivity index (χ4v) is 3.77. The van der Waals surface area contributed by atoms with Crippen LogP contribution in [0.4, 0.5) is 0 Å². The van der Waals surface area contributed by atoms with Gasteiger partial charge in [0, 0.05) is 28.2 Å². The minimum absolute atomic E-state index is 0.693. The number of nitrogens with zero attached hydrogens (tertiary/aromatic N) is 1. The molecule has 0 aliphatic rings. The van der Waals surface area contributed by atoms with Crippen LogP contribution in [0.2, 0.25) is 0 Å². The SMILES string of the molecule is C=c1c2cccc3c(-c4ccc(C)cc4)ccc(c32)n1CCC(C)C. The molecule has 0 fully saturated rings. The summed E-state index contributed by atoms with van der Waals surface area (Å²) in [6.45, 7) is 12.1. The maximum Gasteiger partial charge on any atom is 0.0497 e. The minimum atomic E-state index is 0.693. The molecule has 25 heavy (non-hydrogen) atoms. The predicted octanol–water partition coefficient (Wildman–Crippen LogP) is 5.95. The van der Waals surface area contributed by atoms with Gasteiger partial charge in [0.05, 0.1) is 0 Å². The highest BCUT2D eigenvalue weighted by Crippen LogP contribution is 2.34. The molecule has 0 saturated carbocycles. The van der Waals surface area contributed by atoms with E-state index in [4.69, 9.17) is 0 Å². The maximum absolute atomic E-state index is 4.39. The molecule has 1 heterocycles. The molecule has 0 aliphatic heterocycles. The number of aryl methyl sites for hydroxylation is 2. The van der Waals surface area contributed by atoms with E-state index in [1.807, 2.05) is 0 Å². The Morgan fingerprint density at radius 2 is 1.64 bits per heavy atom. The average molecular weight is 327 g/mol. The molecule has 1 nitrogen and oxygen atoms in total. The first kappa shape index (κ1) is 16.0. The second kappa shape index (κ2) is 6.07. The van der Waals surface area contributed by atoms with Crippen molar-refractivity contribution in [3.8, 4) is 11.1 Å². The lowest BCUT2D eigenvalue weighted by molar-refractivity contribution is 0.520. The summed E-state index contributed by atoms with van der Waals surface area (Å²) in [6, 6.07) is 20.0. The Balaban J connectivity index is 1.97. The Kier molecular flexibility index (Phi) is 3.88. The number of rotatable bonds is 4. The summed E-state index contributed by atoms with van der Waals surface area (Å²) in [5, 5.41) is 5.11. The number of aromatic nitrogens is 1. The normalized spacial score (nSPS) is 11.8. The van der Waals surface area contributed by atoms with E-state index in [1.165, 1.54) is 44.8 Å². The van der Waals surface area contributed by atoms with Gasteiger partial charge in [-0.05, 0) is 41.8 Å². The van der Waals surface area contributed by atoms with Crippen molar-refractivity contribution in [2.75, 3.05) is 0 Å². The molecule has 0 unspecified atom stereocenters. The molecule has 0 atom stereocenters. The van der Waals surface area contributed by atoms with Gasteiger partial charge in [-0.3, -0.25) is 0 Å². The molecular formula is C24H25N. The molecule has 4 rings (SSSR count). The van der Waals surface area contributed by atoms with Crippen molar-refractivity contribution in [3.63, 3.8) is 0 Å². The molecule has 1 heteroatoms. The molecule has 3 aromatic carbocycles. The van der Waals surface area contributed by atoms with E-state index in [0.29, 0.717) is 5.92 Å². The molecule has 126 valence electrons. The van der Waals surface area contributed by atoms with Crippen LogP contribution >= 0.6 is 0 Å². The summed E-state index contributed by atoms with van der Waals surface area (Å²) in [5.41, 5.74) is 5.19. The van der Waals surface area contributed by atoms with Crippen LogP contribution in [0.1, 0.15) is 25.8 Å². The van der Waals surface area contributed by atoms with Crippen LogP contribution in [-0.4, -0.2) is 4.57 Å². The number of hydrogen-bond donors (Lipinski definition) is 0. The topological polar surface area (TPSA) is 4.93 Å². The van der Waals surface area contributed by atoms with Gasteiger partial charge in [-0.2, -0.15) is 0 Å². The predicted molar refractivity (Wildman–Crippen MR) is 110 cm³/mol. The summed E-state index contributed by atoms with van der Waals surface area (Å²) in [4.78, 5) is 0. The highest BCUT2D eigenvalue weighted by Gasteiger charge is 2.14. The molecule has 0 spiro atoms. The first-order valence-electron chi connectivity index (χ1n) is 9.16. The average Bonchev–Trinajstić information content (AvgIpc) is 2.88. The number of hydrogen-bond acceptors (Lipinski definition) is 0. The Hall–Kier alpha value is -2.54. The highest BCUT2D eigenvalue weighted by molar-refractivity contribution is 6.14. The Morgan fingerprint density at radius 1 is 0.920 bits per heavy atom. The lowest BCUT2D eigenvalue weighted by Crippen LogP contribution is -2.15. The minimum Gasteiger partial charge on any atom is -0.341 e. The van der Waals surface area contributed by atoms with Crippen LogP contribution in [-0.2, 0) is 6.54 Å². The van der Waals surface area contributed by atoms with Gasteiger partial charge in [-0.15, -0.1) is 0 Å². The Morgan fingerprint density at radius 3 is 2.36 bits per heavy atom. The van der Waals surface area contributed by atoms with E-state index in [1.54, 1.807) is 0 Å². The van der Waals surface area contributed by atoms with Crippen LogP contribution in [0, 0.1) is 12.8 Å². The summed E-state index contributed by atoms with van der Waals surface area (Å²) in [6.07, 6.45) is 1.17. The van der Waals surface area contributed by atoms with Gasteiger partial charge in [-0.25, -0.2) is 0 Å². The molecule has 0 bridgehead atoms. The fourth-order valence-electron chi connectivity index (χ4n) is 3.77. The third-order valence-corrected chi connectivity index (χ3v) is 5.24. The zero-order valence-electron chi connectivity index (χ0n) is 15.3. The zero-order valence-corrected chi connectivity index (χ0v) is 15.3. The van der Waals surface area contributed by atoms with Crippen LogP contribution in [0.3, 0.4) is 0 Å². The van der Waals surface area contributed by atoms with Gasteiger partial charge >= 0.3 is 0 Å². The third kappa shape index (κ3) is 2.64. The van der Waals surface area contributed by atoms with Crippen molar-refractivity contribution in [1.82, 2.24) is 4.57 Å². The van der Waals surface area contributed by atoms with E-state index in [-0.39, 0.29) is 0 Å². The molecule has 0 saturated heterocycles. The van der Waals surface area contributed by atoms with Gasteiger partial charge in [0.2, 0.25) is 0 Å². The van der Waals surface area contributed by atoms with Gasteiger partial charge in [0.25, 0.3) is 0 Å². The first-order valence-corrected chi connectivity index (χ1v) is 9.16. The van der Waals surface area contributed by atoms with E-state index in [2.05, 4.69) is 86.5 Å². The van der Waals surface area contributed by atoms with Crippen molar-refractivity contribution >= 4 is 28.3 Å². The third-order valence-electron chi connectivity index (χ3n) is 5.24. The molecule has 1 aromatic heterocycles. The van der Waals surface area contributed by atoms with Crippen LogP contribution in [0.15, 0.2) is 54.6 Å². The van der Waals surface area contributed by atoms with E-state index in [0.717, 1.165) is 11.9 Å². The lowest BCUT2D eigenvalue weighted by Gasteiger charge is -2.11. The molecule has 0 aliphatic carbocycles. The van der Waals surface area contributed by atoms with Gasteiger partial charge < -0.3 is 4.57 Å². The molecule has 0 N–H and O–H groups in total. The quantitative estimate of drug-likeness (QED) is 0.437. The first-order chi connectivity index (χ1) is 12.1. The Labute approximate surface area is 149 Å². The largest absolute Gasteiger partial charge is 0.341 e. The highest BCUT2D eigenvalue weighted by atomic mass is 15.0. The van der Waals surface area contributed by atoms with Gasteiger partial charge in [0.1, 0.15) is 0 Å². The monoisotopic (exact) mass is 327 g/mol. The lowest BCUT2D eigenvalue weighted by atomic mass is 9.96. The molecule has 0 amide bonds. The van der Waals surface area contributed by atoms with Crippen molar-refractivity contribution in [2.45, 2.75) is 33.7 Å². The fraction of sp³-hybridized carbons (Fsp3) is 0.250. The van der Waals surface area contributed by atoms with Gasteiger partial charge in [0.15, 0.2) is 0 Å². The van der Waals surface area contributed by atoms with Crippen molar-refractivity contribution in [2.24, 2.45) is 5.92 Å². The van der Waals surface area contributed by atoms with Crippen LogP contribution in [0.25, 0.3) is 39.4 Å². The summed E-state index contributed by atoms with van der Waals surface area (Å²) < 4.78 is 2.40.